The highest BCUT2D eigenvalue weighted by atomic mass is 16.7. The van der Waals surface area contributed by atoms with Gasteiger partial charge in [0.05, 0.1) is 19.3 Å². The molecule has 0 aromatic rings. The lowest BCUT2D eigenvalue weighted by Gasteiger charge is -2.06. The summed E-state index contributed by atoms with van der Waals surface area (Å²) in [5.74, 6) is 0.255. The Kier molecular flexibility index (Phi) is 1.22. The van der Waals surface area contributed by atoms with Gasteiger partial charge in [0.1, 0.15) is 0 Å². The van der Waals surface area contributed by atoms with Crippen LogP contribution in [-0.2, 0) is 9.47 Å². The first-order valence-corrected chi connectivity index (χ1v) is 3.29. The number of hydrogen-bond acceptors (Lipinski definition) is 3. The number of aliphatic hydroxyl groups excluding tert-OH is 1. The minimum atomic E-state index is -0.280. The summed E-state index contributed by atoms with van der Waals surface area (Å²) in [5, 5.41) is 9.19. The summed E-state index contributed by atoms with van der Waals surface area (Å²) in [6, 6.07) is 0. The second-order valence-electron chi connectivity index (χ2n) is 2.59. The van der Waals surface area contributed by atoms with E-state index in [1.54, 1.807) is 0 Å². The van der Waals surface area contributed by atoms with Crippen LogP contribution in [0.3, 0.4) is 0 Å². The fraction of sp³-hybridized carbons (Fsp3) is 1.00. The Hall–Kier alpha value is -0.120. The quantitative estimate of drug-likeness (QED) is 0.491. The number of ether oxygens (including phenoxy) is 2. The lowest BCUT2D eigenvalue weighted by atomic mass is 10.0. The molecule has 3 nitrogen and oxygen atoms in total. The molecular formula is C6H10O3. The van der Waals surface area contributed by atoms with E-state index < -0.39 is 0 Å². The van der Waals surface area contributed by atoms with E-state index in [1.165, 1.54) is 0 Å². The van der Waals surface area contributed by atoms with E-state index in [-0.39, 0.29) is 18.3 Å². The van der Waals surface area contributed by atoms with Crippen molar-refractivity contribution in [3.63, 3.8) is 0 Å². The van der Waals surface area contributed by atoms with E-state index in [9.17, 15) is 5.11 Å². The molecule has 0 spiro atoms. The normalized spacial score (nSPS) is 49.7. The molecule has 0 radical (unpaired) electrons. The van der Waals surface area contributed by atoms with E-state index in [1.807, 2.05) is 0 Å². The van der Waals surface area contributed by atoms with Gasteiger partial charge in [0, 0.05) is 5.92 Å². The van der Waals surface area contributed by atoms with Gasteiger partial charge in [-0.05, 0) is 6.42 Å². The maximum Gasteiger partial charge on any atom is 0.163 e. The van der Waals surface area contributed by atoms with E-state index in [2.05, 4.69) is 0 Å². The molecule has 2 rings (SSSR count). The van der Waals surface area contributed by atoms with Gasteiger partial charge in [-0.1, -0.05) is 0 Å². The van der Waals surface area contributed by atoms with Gasteiger partial charge >= 0.3 is 0 Å². The fourth-order valence-corrected chi connectivity index (χ4v) is 1.44. The third-order valence-electron chi connectivity index (χ3n) is 2.01. The Morgan fingerprint density at radius 2 is 2.22 bits per heavy atom. The molecule has 2 saturated heterocycles. The highest BCUT2D eigenvalue weighted by molar-refractivity contribution is 4.81. The van der Waals surface area contributed by atoms with Crippen molar-refractivity contribution in [3.8, 4) is 0 Å². The van der Waals surface area contributed by atoms with E-state index >= 15 is 0 Å². The summed E-state index contributed by atoms with van der Waals surface area (Å²) in [6.07, 6.45) is 0.573. The topological polar surface area (TPSA) is 38.7 Å². The van der Waals surface area contributed by atoms with Crippen LogP contribution >= 0.6 is 0 Å². The summed E-state index contributed by atoms with van der Waals surface area (Å²) in [5.41, 5.74) is 0. The largest absolute Gasteiger partial charge is 0.390 e. The van der Waals surface area contributed by atoms with Gasteiger partial charge in [0.25, 0.3) is 0 Å². The summed E-state index contributed by atoms with van der Waals surface area (Å²) in [7, 11) is 0. The van der Waals surface area contributed by atoms with Crippen LogP contribution in [-0.4, -0.2) is 30.7 Å². The summed E-state index contributed by atoms with van der Waals surface area (Å²) >= 11 is 0. The number of fused-ring (bicyclic) bond motifs is 1. The molecule has 0 bridgehead atoms. The molecule has 2 heterocycles. The first-order valence-electron chi connectivity index (χ1n) is 3.29. The van der Waals surface area contributed by atoms with Gasteiger partial charge in [-0.2, -0.15) is 0 Å². The average Bonchev–Trinajstić information content (AvgIpc) is 2.35. The van der Waals surface area contributed by atoms with Crippen molar-refractivity contribution in [2.24, 2.45) is 5.92 Å². The van der Waals surface area contributed by atoms with E-state index in [4.69, 9.17) is 9.47 Å². The third kappa shape index (κ3) is 0.764. The third-order valence-corrected chi connectivity index (χ3v) is 2.01. The highest BCUT2D eigenvalue weighted by Gasteiger charge is 2.40. The molecule has 2 aliphatic rings. The van der Waals surface area contributed by atoms with Gasteiger partial charge in [-0.3, -0.25) is 0 Å². The Labute approximate surface area is 53.6 Å². The van der Waals surface area contributed by atoms with Gasteiger partial charge in [0.15, 0.2) is 6.29 Å². The van der Waals surface area contributed by atoms with Crippen LogP contribution in [0.4, 0.5) is 0 Å². The number of rotatable bonds is 0. The zero-order valence-electron chi connectivity index (χ0n) is 5.12. The highest BCUT2D eigenvalue weighted by Crippen LogP contribution is 2.30. The van der Waals surface area contributed by atoms with E-state index in [0.29, 0.717) is 6.61 Å². The van der Waals surface area contributed by atoms with Gasteiger partial charge in [-0.25, -0.2) is 0 Å². The summed E-state index contributed by atoms with van der Waals surface area (Å²) < 4.78 is 10.3. The van der Waals surface area contributed by atoms with Crippen LogP contribution in [0.2, 0.25) is 0 Å². The molecule has 0 saturated carbocycles. The number of aliphatic hydroxyl groups is 1. The smallest absolute Gasteiger partial charge is 0.163 e. The molecule has 0 aromatic carbocycles. The Balaban J connectivity index is 2.07. The molecule has 52 valence electrons. The molecule has 3 heteroatoms. The minimum absolute atomic E-state index is 0.0972. The molecule has 2 fully saturated rings. The molecule has 9 heavy (non-hydrogen) atoms. The summed E-state index contributed by atoms with van der Waals surface area (Å²) in [6.45, 7) is 1.20. The standard InChI is InChI=1S/C6H10O3/c7-5-3-9-6-4(5)1-2-8-6/h4-7H,1-3H2/t4-,5-,6?/m1/s1. The molecular weight excluding hydrogens is 120 g/mol. The molecule has 1 N–H and O–H groups in total. The van der Waals surface area contributed by atoms with Crippen molar-refractivity contribution < 1.29 is 14.6 Å². The van der Waals surface area contributed by atoms with Crippen molar-refractivity contribution in [2.75, 3.05) is 13.2 Å². The van der Waals surface area contributed by atoms with Crippen molar-refractivity contribution >= 4 is 0 Å². The van der Waals surface area contributed by atoms with Crippen molar-refractivity contribution in [2.45, 2.75) is 18.8 Å². The first kappa shape index (κ1) is 5.65. The maximum absolute atomic E-state index is 9.19. The second-order valence-corrected chi connectivity index (χ2v) is 2.59. The molecule has 0 aromatic heterocycles. The van der Waals surface area contributed by atoms with Gasteiger partial charge in [0.2, 0.25) is 0 Å². The maximum atomic E-state index is 9.19. The lowest BCUT2D eigenvalue weighted by molar-refractivity contribution is -0.0907. The molecule has 0 amide bonds. The molecule has 2 aliphatic heterocycles. The van der Waals surface area contributed by atoms with Crippen LogP contribution in [0.25, 0.3) is 0 Å². The zero-order valence-corrected chi connectivity index (χ0v) is 5.12. The Morgan fingerprint density at radius 3 is 3.00 bits per heavy atom. The molecule has 0 aliphatic carbocycles. The fourth-order valence-electron chi connectivity index (χ4n) is 1.44. The average molecular weight is 130 g/mol. The molecule has 1 unspecified atom stereocenters. The van der Waals surface area contributed by atoms with Crippen molar-refractivity contribution in [1.29, 1.82) is 0 Å². The second kappa shape index (κ2) is 1.94. The van der Waals surface area contributed by atoms with Crippen LogP contribution in [0.15, 0.2) is 0 Å². The van der Waals surface area contributed by atoms with Crippen molar-refractivity contribution in [1.82, 2.24) is 0 Å². The first-order chi connectivity index (χ1) is 4.38. The summed E-state index contributed by atoms with van der Waals surface area (Å²) in [4.78, 5) is 0. The minimum Gasteiger partial charge on any atom is -0.390 e. The van der Waals surface area contributed by atoms with E-state index in [0.717, 1.165) is 13.0 Å². The van der Waals surface area contributed by atoms with Gasteiger partial charge in [-0.15, -0.1) is 0 Å². The van der Waals surface area contributed by atoms with Gasteiger partial charge < -0.3 is 14.6 Å². The predicted octanol–water partition coefficient (Wildman–Crippen LogP) is -0.260. The van der Waals surface area contributed by atoms with Crippen LogP contribution < -0.4 is 0 Å². The zero-order chi connectivity index (χ0) is 6.27. The molecule has 3 atom stereocenters. The Bertz CT molecular complexity index is 115. The van der Waals surface area contributed by atoms with Crippen LogP contribution in [0.1, 0.15) is 6.42 Å². The van der Waals surface area contributed by atoms with Crippen LogP contribution in [0, 0.1) is 5.92 Å². The number of hydrogen-bond donors (Lipinski definition) is 1. The predicted molar refractivity (Wildman–Crippen MR) is 29.8 cm³/mol. The van der Waals surface area contributed by atoms with Crippen LogP contribution in [0.5, 0.6) is 0 Å². The monoisotopic (exact) mass is 130 g/mol. The van der Waals surface area contributed by atoms with Crippen molar-refractivity contribution in [3.05, 3.63) is 0 Å². The lowest BCUT2D eigenvalue weighted by Crippen LogP contribution is -2.18. The SMILES string of the molecule is O[C@@H]1COC2OCC[C@@H]21. The Morgan fingerprint density at radius 1 is 1.33 bits per heavy atom.